The number of carbonyl (C=O) groups is 1. The number of rotatable bonds is 6. The Bertz CT molecular complexity index is 760. The Kier molecular flexibility index (Phi) is 6.52. The van der Waals surface area contributed by atoms with Crippen molar-refractivity contribution in [3.05, 3.63) is 35.9 Å². The van der Waals surface area contributed by atoms with Crippen LogP contribution in [0.15, 0.2) is 30.3 Å². The summed E-state index contributed by atoms with van der Waals surface area (Å²) in [5.41, 5.74) is 7.39. The third-order valence-electron chi connectivity index (χ3n) is 8.39. The molecule has 3 aliphatic carbocycles. The van der Waals surface area contributed by atoms with E-state index in [1.54, 1.807) is 0 Å². The molecule has 0 saturated heterocycles. The van der Waals surface area contributed by atoms with Crippen molar-refractivity contribution in [3.63, 3.8) is 0 Å². The minimum atomic E-state index is -0.314. The van der Waals surface area contributed by atoms with Crippen molar-refractivity contribution < 1.29 is 9.53 Å². The molecule has 3 unspecified atom stereocenters. The highest BCUT2D eigenvalue weighted by Gasteiger charge is 2.56. The van der Waals surface area contributed by atoms with Crippen molar-refractivity contribution in [1.29, 1.82) is 0 Å². The Morgan fingerprint density at radius 1 is 1.06 bits per heavy atom. The van der Waals surface area contributed by atoms with Gasteiger partial charge in [0.05, 0.1) is 6.61 Å². The maximum atomic E-state index is 13.6. The number of benzene rings is 1. The van der Waals surface area contributed by atoms with E-state index < -0.39 is 0 Å². The number of fused-ring (bicyclic) bond motifs is 2. The number of hydrogen-bond donors (Lipinski definition) is 2. The van der Waals surface area contributed by atoms with Crippen molar-refractivity contribution in [1.82, 2.24) is 5.32 Å². The van der Waals surface area contributed by atoms with E-state index in [1.165, 1.54) is 12.0 Å². The summed E-state index contributed by atoms with van der Waals surface area (Å²) in [7, 11) is 0. The number of carbonyl (C=O) groups excluding carboxylic acids is 1. The zero-order chi connectivity index (χ0) is 22.1. The molecular formula is C27H42N2O2. The highest BCUT2D eigenvalue weighted by Crippen LogP contribution is 2.61. The van der Waals surface area contributed by atoms with Crippen LogP contribution in [-0.4, -0.2) is 31.2 Å². The molecule has 4 rings (SSSR count). The molecular weight excluding hydrogens is 384 g/mol. The summed E-state index contributed by atoms with van der Waals surface area (Å²) >= 11 is 0. The van der Waals surface area contributed by atoms with Crippen LogP contribution in [0.2, 0.25) is 0 Å². The van der Waals surface area contributed by atoms with Crippen molar-refractivity contribution in [3.8, 4) is 0 Å². The third-order valence-corrected chi connectivity index (χ3v) is 8.39. The lowest BCUT2D eigenvalue weighted by molar-refractivity contribution is -0.140. The highest BCUT2D eigenvalue weighted by molar-refractivity contribution is 5.83. The Labute approximate surface area is 188 Å². The van der Waals surface area contributed by atoms with Gasteiger partial charge in [0.15, 0.2) is 0 Å². The van der Waals surface area contributed by atoms with Crippen LogP contribution >= 0.6 is 0 Å². The third kappa shape index (κ3) is 4.85. The molecule has 0 spiro atoms. The smallest absolute Gasteiger partial charge is 0.226 e. The summed E-state index contributed by atoms with van der Waals surface area (Å²) in [6.45, 7) is 8.30. The maximum Gasteiger partial charge on any atom is 0.226 e. The molecule has 0 aromatic heterocycles. The SMILES string of the molecule is CCOC[C@@]1(C)CC2CC(C)(C(=O)NC3CCC(N)CC3)CC(c3ccccc3)(C2)C1. The topological polar surface area (TPSA) is 64.3 Å². The van der Waals surface area contributed by atoms with Gasteiger partial charge in [-0.25, -0.2) is 0 Å². The molecule has 2 bridgehead atoms. The van der Waals surface area contributed by atoms with Gasteiger partial charge in [0.25, 0.3) is 0 Å². The molecule has 4 heteroatoms. The molecule has 3 saturated carbocycles. The first-order chi connectivity index (χ1) is 14.8. The molecule has 1 aromatic rings. The lowest BCUT2D eigenvalue weighted by Crippen LogP contribution is -2.56. The molecule has 31 heavy (non-hydrogen) atoms. The van der Waals surface area contributed by atoms with Gasteiger partial charge in [0.2, 0.25) is 5.91 Å². The monoisotopic (exact) mass is 426 g/mol. The number of amides is 1. The van der Waals surface area contributed by atoms with Gasteiger partial charge in [-0.2, -0.15) is 0 Å². The van der Waals surface area contributed by atoms with Crippen LogP contribution in [-0.2, 0) is 14.9 Å². The lowest BCUT2D eigenvalue weighted by Gasteiger charge is -2.57. The van der Waals surface area contributed by atoms with Crippen LogP contribution < -0.4 is 11.1 Å². The summed E-state index contributed by atoms with van der Waals surface area (Å²) in [5.74, 6) is 0.829. The normalized spacial score (nSPS) is 40.3. The van der Waals surface area contributed by atoms with Crippen LogP contribution in [0.1, 0.15) is 84.1 Å². The summed E-state index contributed by atoms with van der Waals surface area (Å²) in [4.78, 5) is 13.6. The van der Waals surface area contributed by atoms with Gasteiger partial charge < -0.3 is 15.8 Å². The van der Waals surface area contributed by atoms with E-state index in [4.69, 9.17) is 10.5 Å². The molecule has 0 aliphatic heterocycles. The van der Waals surface area contributed by atoms with Gasteiger partial charge >= 0.3 is 0 Å². The van der Waals surface area contributed by atoms with Gasteiger partial charge in [-0.05, 0) is 87.0 Å². The number of nitrogens with one attached hydrogen (secondary N) is 1. The van der Waals surface area contributed by atoms with E-state index in [1.807, 2.05) is 0 Å². The van der Waals surface area contributed by atoms with E-state index in [2.05, 4.69) is 56.4 Å². The average molecular weight is 427 g/mol. The Hall–Kier alpha value is -1.39. The summed E-state index contributed by atoms with van der Waals surface area (Å²) in [6, 6.07) is 11.6. The standard InChI is InChI=1S/C27H42N2O2/c1-4-31-19-25(2)14-20-15-26(3,24(30)29-23-12-10-22(28)11-13-23)18-27(16-20,17-25)21-8-6-5-7-9-21/h5-9,20,22-23H,4,10-19,28H2,1-3H3,(H,29,30)/t20?,22?,23?,25-,26?,27?/m0/s1. The van der Waals surface area contributed by atoms with Crippen LogP contribution in [0.3, 0.4) is 0 Å². The van der Waals surface area contributed by atoms with Crippen LogP contribution in [0.5, 0.6) is 0 Å². The van der Waals surface area contributed by atoms with Crippen LogP contribution in [0.4, 0.5) is 0 Å². The van der Waals surface area contributed by atoms with Crippen molar-refractivity contribution >= 4 is 5.91 Å². The largest absolute Gasteiger partial charge is 0.381 e. The van der Waals surface area contributed by atoms with Gasteiger partial charge in [-0.3, -0.25) is 4.79 Å². The number of nitrogens with two attached hydrogens (primary N) is 1. The fourth-order valence-corrected chi connectivity index (χ4v) is 7.39. The fraction of sp³-hybridized carbons (Fsp3) is 0.741. The first-order valence-corrected chi connectivity index (χ1v) is 12.5. The number of hydrogen-bond acceptors (Lipinski definition) is 3. The van der Waals surface area contributed by atoms with Gasteiger partial charge in [-0.15, -0.1) is 0 Å². The zero-order valence-corrected chi connectivity index (χ0v) is 19.8. The van der Waals surface area contributed by atoms with E-state index in [0.717, 1.165) is 64.6 Å². The van der Waals surface area contributed by atoms with E-state index in [9.17, 15) is 4.79 Å². The predicted octanol–water partition coefficient (Wildman–Crippen LogP) is 4.95. The summed E-state index contributed by atoms with van der Waals surface area (Å²) < 4.78 is 5.94. The molecule has 4 atom stereocenters. The fourth-order valence-electron chi connectivity index (χ4n) is 7.39. The second kappa shape index (κ2) is 8.86. The van der Waals surface area contributed by atoms with E-state index >= 15 is 0 Å². The van der Waals surface area contributed by atoms with E-state index in [-0.39, 0.29) is 22.2 Å². The zero-order valence-electron chi connectivity index (χ0n) is 19.8. The van der Waals surface area contributed by atoms with E-state index in [0.29, 0.717) is 18.0 Å². The number of ether oxygens (including phenoxy) is 1. The maximum absolute atomic E-state index is 13.6. The summed E-state index contributed by atoms with van der Waals surface area (Å²) in [5, 5.41) is 3.44. The van der Waals surface area contributed by atoms with Crippen molar-refractivity contribution in [2.45, 2.75) is 96.1 Å². The first kappa shape index (κ1) is 22.8. The van der Waals surface area contributed by atoms with Crippen LogP contribution in [0.25, 0.3) is 0 Å². The quantitative estimate of drug-likeness (QED) is 0.676. The summed E-state index contributed by atoms with van der Waals surface area (Å²) in [6.07, 6.45) is 9.44. The molecule has 0 heterocycles. The Balaban J connectivity index is 1.58. The second-order valence-electron chi connectivity index (χ2n) is 11.6. The minimum Gasteiger partial charge on any atom is -0.381 e. The lowest BCUT2D eigenvalue weighted by atomic mass is 9.47. The molecule has 4 nitrogen and oxygen atoms in total. The highest BCUT2D eigenvalue weighted by atomic mass is 16.5. The Morgan fingerprint density at radius 2 is 1.77 bits per heavy atom. The molecule has 3 fully saturated rings. The second-order valence-corrected chi connectivity index (χ2v) is 11.6. The van der Waals surface area contributed by atoms with Crippen molar-refractivity contribution in [2.24, 2.45) is 22.5 Å². The van der Waals surface area contributed by atoms with Gasteiger partial charge in [0, 0.05) is 24.1 Å². The van der Waals surface area contributed by atoms with Crippen molar-refractivity contribution in [2.75, 3.05) is 13.2 Å². The Morgan fingerprint density at radius 3 is 2.45 bits per heavy atom. The first-order valence-electron chi connectivity index (χ1n) is 12.5. The van der Waals surface area contributed by atoms with Crippen LogP contribution in [0, 0.1) is 16.7 Å². The average Bonchev–Trinajstić information content (AvgIpc) is 2.73. The van der Waals surface area contributed by atoms with Gasteiger partial charge in [0.1, 0.15) is 0 Å². The molecule has 172 valence electrons. The van der Waals surface area contributed by atoms with Gasteiger partial charge in [-0.1, -0.05) is 44.2 Å². The molecule has 1 aromatic carbocycles. The molecule has 1 amide bonds. The molecule has 3 aliphatic rings. The molecule has 3 N–H and O–H groups in total. The molecule has 0 radical (unpaired) electrons. The minimum absolute atomic E-state index is 0.0509. The predicted molar refractivity (Wildman–Crippen MR) is 126 cm³/mol.